The van der Waals surface area contributed by atoms with Crippen molar-refractivity contribution in [3.05, 3.63) is 29.8 Å². The van der Waals surface area contributed by atoms with E-state index in [0.717, 1.165) is 24.1 Å². The Morgan fingerprint density at radius 2 is 2.00 bits per heavy atom. The Balaban J connectivity index is 2.33. The summed E-state index contributed by atoms with van der Waals surface area (Å²) in [5.41, 5.74) is 1.70. The Morgan fingerprint density at radius 3 is 2.54 bits per heavy atom. The van der Waals surface area contributed by atoms with Gasteiger partial charge in [-0.1, -0.05) is 12.1 Å². The van der Waals surface area contributed by atoms with Crippen LogP contribution in [0, 0.1) is 0 Å². The zero-order valence-electron chi connectivity index (χ0n) is 8.12. The van der Waals surface area contributed by atoms with Crippen LogP contribution >= 0.6 is 0 Å². The predicted octanol–water partition coefficient (Wildman–Crippen LogP) is 1.73. The number of hydrogen-bond acceptors (Lipinski definition) is 2. The maximum absolute atomic E-state index is 9.89. The van der Waals surface area contributed by atoms with E-state index in [2.05, 4.69) is 17.0 Å². The lowest BCUT2D eigenvalue weighted by Gasteiger charge is -2.15. The van der Waals surface area contributed by atoms with Crippen molar-refractivity contribution in [2.24, 2.45) is 0 Å². The van der Waals surface area contributed by atoms with E-state index in [1.807, 2.05) is 26.2 Å². The average molecular weight is 177 g/mol. The van der Waals surface area contributed by atoms with Crippen LogP contribution in [0.15, 0.2) is 24.3 Å². The lowest BCUT2D eigenvalue weighted by molar-refractivity contribution is 0.151. The fourth-order valence-electron chi connectivity index (χ4n) is 1.48. The van der Waals surface area contributed by atoms with Gasteiger partial charge in [0.2, 0.25) is 0 Å². The Kier molecular flexibility index (Phi) is 1.81. The Labute approximate surface area is 78.8 Å². The lowest BCUT2D eigenvalue weighted by atomic mass is 10.1. The van der Waals surface area contributed by atoms with Gasteiger partial charge in [-0.2, -0.15) is 0 Å². The van der Waals surface area contributed by atoms with Crippen LogP contribution in [0.2, 0.25) is 0 Å². The van der Waals surface area contributed by atoms with Crippen molar-refractivity contribution in [2.45, 2.75) is 18.4 Å². The van der Waals surface area contributed by atoms with Gasteiger partial charge < -0.3 is 10.0 Å². The molecule has 0 bridgehead atoms. The van der Waals surface area contributed by atoms with Crippen LogP contribution in [0.1, 0.15) is 18.4 Å². The molecule has 13 heavy (non-hydrogen) atoms. The van der Waals surface area contributed by atoms with Crippen molar-refractivity contribution in [3.63, 3.8) is 0 Å². The van der Waals surface area contributed by atoms with Crippen LogP contribution in [0.25, 0.3) is 0 Å². The van der Waals surface area contributed by atoms with Crippen molar-refractivity contribution in [2.75, 3.05) is 19.0 Å². The van der Waals surface area contributed by atoms with E-state index in [0.29, 0.717) is 0 Å². The van der Waals surface area contributed by atoms with Crippen LogP contribution in [-0.2, 0) is 5.60 Å². The molecular weight excluding hydrogens is 162 g/mol. The summed E-state index contributed by atoms with van der Waals surface area (Å²) < 4.78 is 0. The first-order valence-corrected chi connectivity index (χ1v) is 4.62. The van der Waals surface area contributed by atoms with Gasteiger partial charge in [0.05, 0.1) is 5.60 Å². The van der Waals surface area contributed by atoms with Gasteiger partial charge in [-0.3, -0.25) is 0 Å². The zero-order valence-corrected chi connectivity index (χ0v) is 8.12. The summed E-state index contributed by atoms with van der Waals surface area (Å²) in [7, 11) is 4.02. The van der Waals surface area contributed by atoms with Gasteiger partial charge in [0.1, 0.15) is 0 Å². The molecule has 1 aliphatic rings. The number of benzene rings is 1. The minimum absolute atomic E-state index is 0.508. The molecule has 2 rings (SSSR count). The Bertz CT molecular complexity index is 316. The second-order valence-electron chi connectivity index (χ2n) is 3.98. The van der Waals surface area contributed by atoms with E-state index in [4.69, 9.17) is 0 Å². The third kappa shape index (κ3) is 1.54. The fraction of sp³-hybridized carbons (Fsp3) is 0.455. The van der Waals surface area contributed by atoms with Crippen LogP contribution < -0.4 is 4.90 Å². The molecule has 0 spiro atoms. The van der Waals surface area contributed by atoms with Gasteiger partial charge in [0.15, 0.2) is 0 Å². The minimum Gasteiger partial charge on any atom is -0.385 e. The maximum atomic E-state index is 9.89. The summed E-state index contributed by atoms with van der Waals surface area (Å²) >= 11 is 0. The second kappa shape index (κ2) is 2.74. The SMILES string of the molecule is CN(C)c1cccc(C2(O)CC2)c1. The number of nitrogens with zero attached hydrogens (tertiary/aromatic N) is 1. The fourth-order valence-corrected chi connectivity index (χ4v) is 1.48. The maximum Gasteiger partial charge on any atom is 0.0899 e. The zero-order chi connectivity index (χ0) is 9.47. The molecule has 2 heteroatoms. The van der Waals surface area contributed by atoms with Crippen LogP contribution in [0.3, 0.4) is 0 Å². The van der Waals surface area contributed by atoms with E-state index in [-0.39, 0.29) is 0 Å². The molecule has 1 saturated carbocycles. The molecule has 0 aliphatic heterocycles. The quantitative estimate of drug-likeness (QED) is 0.743. The van der Waals surface area contributed by atoms with Gasteiger partial charge >= 0.3 is 0 Å². The first kappa shape index (κ1) is 8.57. The first-order valence-electron chi connectivity index (χ1n) is 4.62. The van der Waals surface area contributed by atoms with E-state index < -0.39 is 5.60 Å². The molecular formula is C11H15NO. The van der Waals surface area contributed by atoms with Gasteiger partial charge in [-0.25, -0.2) is 0 Å². The van der Waals surface area contributed by atoms with Crippen molar-refractivity contribution < 1.29 is 5.11 Å². The summed E-state index contributed by atoms with van der Waals surface area (Å²) in [6.45, 7) is 0. The number of rotatable bonds is 2. The van der Waals surface area contributed by atoms with Crippen molar-refractivity contribution in [3.8, 4) is 0 Å². The predicted molar refractivity (Wildman–Crippen MR) is 53.9 cm³/mol. The van der Waals surface area contributed by atoms with E-state index in [1.165, 1.54) is 0 Å². The third-order valence-corrected chi connectivity index (χ3v) is 2.62. The molecule has 0 unspecified atom stereocenters. The monoisotopic (exact) mass is 177 g/mol. The van der Waals surface area contributed by atoms with Crippen molar-refractivity contribution in [1.29, 1.82) is 0 Å². The largest absolute Gasteiger partial charge is 0.385 e. The Morgan fingerprint density at radius 1 is 1.31 bits per heavy atom. The molecule has 1 fully saturated rings. The van der Waals surface area contributed by atoms with Crippen LogP contribution in [0.4, 0.5) is 5.69 Å². The highest BCUT2D eigenvalue weighted by molar-refractivity contribution is 5.49. The number of hydrogen-bond donors (Lipinski definition) is 1. The number of anilines is 1. The molecule has 0 amide bonds. The summed E-state index contributed by atoms with van der Waals surface area (Å²) in [5, 5.41) is 9.89. The average Bonchev–Trinajstić information content (AvgIpc) is 2.85. The van der Waals surface area contributed by atoms with Gasteiger partial charge in [-0.05, 0) is 30.5 Å². The molecule has 1 aromatic carbocycles. The summed E-state index contributed by atoms with van der Waals surface area (Å²) in [6, 6.07) is 8.11. The smallest absolute Gasteiger partial charge is 0.0899 e. The van der Waals surface area contributed by atoms with Gasteiger partial charge in [0, 0.05) is 19.8 Å². The third-order valence-electron chi connectivity index (χ3n) is 2.62. The topological polar surface area (TPSA) is 23.5 Å². The van der Waals surface area contributed by atoms with E-state index >= 15 is 0 Å². The van der Waals surface area contributed by atoms with Gasteiger partial charge in [-0.15, -0.1) is 0 Å². The molecule has 1 N–H and O–H groups in total. The molecule has 0 heterocycles. The number of aliphatic hydroxyl groups is 1. The van der Waals surface area contributed by atoms with Crippen molar-refractivity contribution in [1.82, 2.24) is 0 Å². The highest BCUT2D eigenvalue weighted by Crippen LogP contribution is 2.45. The molecule has 2 nitrogen and oxygen atoms in total. The summed E-state index contributed by atoms with van der Waals surface area (Å²) in [5.74, 6) is 0. The highest BCUT2D eigenvalue weighted by Gasteiger charge is 2.42. The molecule has 0 radical (unpaired) electrons. The van der Waals surface area contributed by atoms with Crippen LogP contribution in [0.5, 0.6) is 0 Å². The molecule has 1 aliphatic carbocycles. The van der Waals surface area contributed by atoms with E-state index in [1.54, 1.807) is 0 Å². The van der Waals surface area contributed by atoms with E-state index in [9.17, 15) is 5.11 Å². The summed E-state index contributed by atoms with van der Waals surface area (Å²) in [6.07, 6.45) is 1.81. The van der Waals surface area contributed by atoms with Crippen molar-refractivity contribution >= 4 is 5.69 Å². The van der Waals surface area contributed by atoms with Crippen LogP contribution in [-0.4, -0.2) is 19.2 Å². The lowest BCUT2D eigenvalue weighted by Crippen LogP contribution is -2.11. The molecule has 0 saturated heterocycles. The molecule has 1 aromatic rings. The minimum atomic E-state index is -0.508. The normalized spacial score (nSPS) is 18.4. The first-order chi connectivity index (χ1) is 6.12. The second-order valence-corrected chi connectivity index (χ2v) is 3.98. The molecule has 0 atom stereocenters. The Hall–Kier alpha value is -1.02. The van der Waals surface area contributed by atoms with Gasteiger partial charge in [0.25, 0.3) is 0 Å². The molecule has 0 aromatic heterocycles. The molecule has 70 valence electrons. The highest BCUT2D eigenvalue weighted by atomic mass is 16.3. The summed E-state index contributed by atoms with van der Waals surface area (Å²) in [4.78, 5) is 2.05. The standard InChI is InChI=1S/C11H15NO/c1-12(2)10-5-3-4-9(8-10)11(13)6-7-11/h3-5,8,13H,6-7H2,1-2H3.